The van der Waals surface area contributed by atoms with Crippen molar-refractivity contribution in [1.29, 1.82) is 0 Å². The second-order valence-electron chi connectivity index (χ2n) is 11.9. The van der Waals surface area contributed by atoms with Gasteiger partial charge in [-0.2, -0.15) is 0 Å². The highest BCUT2D eigenvalue weighted by atomic mass is 35.5. The summed E-state index contributed by atoms with van der Waals surface area (Å²) in [6, 6.07) is 0.747. The van der Waals surface area contributed by atoms with Crippen molar-refractivity contribution in [3.63, 3.8) is 0 Å². The summed E-state index contributed by atoms with van der Waals surface area (Å²) in [5, 5.41) is 12.5. The summed E-state index contributed by atoms with van der Waals surface area (Å²) in [4.78, 5) is 33.1. The number of hydrogen-bond acceptors (Lipinski definition) is 11. The van der Waals surface area contributed by atoms with E-state index in [1.54, 1.807) is 17.6 Å². The smallest absolute Gasteiger partial charge is 0.410 e. The number of piperidine rings is 2. The molecule has 43 heavy (non-hydrogen) atoms. The Labute approximate surface area is 270 Å². The van der Waals surface area contributed by atoms with Crippen molar-refractivity contribution < 1.29 is 9.53 Å². The van der Waals surface area contributed by atoms with Gasteiger partial charge in [-0.05, 0) is 84.5 Å². The summed E-state index contributed by atoms with van der Waals surface area (Å²) in [5.74, 6) is 1.74. The highest BCUT2D eigenvalue weighted by Crippen LogP contribution is 2.38. The number of rotatable bonds is 4. The van der Waals surface area contributed by atoms with E-state index < -0.39 is 5.60 Å². The van der Waals surface area contributed by atoms with Crippen LogP contribution in [0.25, 0.3) is 20.4 Å². The first-order chi connectivity index (χ1) is 20.5. The molecule has 1 amide bonds. The first-order valence-corrected chi connectivity index (χ1v) is 16.9. The Balaban J connectivity index is 0.000000180. The zero-order valence-corrected chi connectivity index (χ0v) is 28.2. The second kappa shape index (κ2) is 13.6. The van der Waals surface area contributed by atoms with Gasteiger partial charge in [-0.3, -0.25) is 0 Å². The Kier molecular flexibility index (Phi) is 10.1. The molecule has 0 unspecified atom stereocenters. The van der Waals surface area contributed by atoms with E-state index in [9.17, 15) is 4.79 Å². The maximum absolute atomic E-state index is 12.2. The lowest BCUT2D eigenvalue weighted by Gasteiger charge is -2.34. The van der Waals surface area contributed by atoms with Crippen LogP contribution in [-0.2, 0) is 4.74 Å². The Morgan fingerprint density at radius 3 is 1.79 bits per heavy atom. The lowest BCUT2D eigenvalue weighted by atomic mass is 10.1. The van der Waals surface area contributed by atoms with E-state index in [1.165, 1.54) is 22.7 Å². The van der Waals surface area contributed by atoms with E-state index in [0.29, 0.717) is 19.1 Å². The molecule has 232 valence electrons. The molecule has 4 aromatic rings. The Morgan fingerprint density at radius 2 is 1.33 bits per heavy atom. The third-order valence-corrected chi connectivity index (χ3v) is 10.5. The average Bonchev–Trinajstić information content (AvgIpc) is 3.43. The predicted molar refractivity (Wildman–Crippen MR) is 178 cm³/mol. The van der Waals surface area contributed by atoms with Crippen LogP contribution >= 0.6 is 45.9 Å². The highest BCUT2D eigenvalue weighted by molar-refractivity contribution is 7.23. The number of thiophene rings is 2. The molecule has 2 saturated heterocycles. The minimum atomic E-state index is -0.464. The molecule has 0 bridgehead atoms. The normalized spacial score (nSPS) is 16.7. The number of likely N-dealkylation sites (tertiary alicyclic amines) is 1. The van der Waals surface area contributed by atoms with E-state index in [4.69, 9.17) is 27.9 Å². The van der Waals surface area contributed by atoms with Crippen LogP contribution in [-0.4, -0.2) is 74.8 Å². The molecule has 2 aliphatic heterocycles. The number of hydrogen-bond donors (Lipinski definition) is 3. The maximum atomic E-state index is 12.2. The van der Waals surface area contributed by atoms with Gasteiger partial charge < -0.3 is 25.6 Å². The zero-order chi connectivity index (χ0) is 30.7. The molecule has 0 saturated carbocycles. The van der Waals surface area contributed by atoms with Crippen molar-refractivity contribution in [2.45, 2.75) is 78.0 Å². The number of nitrogens with zero attached hydrogens (tertiary/aromatic N) is 5. The summed E-state index contributed by atoms with van der Waals surface area (Å²) in [6.45, 7) is 13.1. The third kappa shape index (κ3) is 7.78. The fraction of sp³-hybridized carbons (Fsp3) is 0.552. The van der Waals surface area contributed by atoms with Gasteiger partial charge >= 0.3 is 6.09 Å². The molecule has 0 spiro atoms. The number of fused-ring (bicyclic) bond motifs is 2. The van der Waals surface area contributed by atoms with Gasteiger partial charge in [0.2, 0.25) is 0 Å². The number of ether oxygens (including phenoxy) is 1. The van der Waals surface area contributed by atoms with Crippen molar-refractivity contribution in [2.75, 3.05) is 36.8 Å². The molecule has 3 N–H and O–H groups in total. The fourth-order valence-corrected chi connectivity index (χ4v) is 7.57. The van der Waals surface area contributed by atoms with Crippen LogP contribution in [0.3, 0.4) is 0 Å². The van der Waals surface area contributed by atoms with Crippen LogP contribution in [0.5, 0.6) is 0 Å². The summed E-state index contributed by atoms with van der Waals surface area (Å²) >= 11 is 15.4. The highest BCUT2D eigenvalue weighted by Gasteiger charge is 2.27. The molecule has 0 atom stereocenters. The molecule has 4 aromatic heterocycles. The number of anilines is 2. The van der Waals surface area contributed by atoms with Gasteiger partial charge in [0, 0.05) is 25.2 Å². The Morgan fingerprint density at radius 1 is 0.860 bits per heavy atom. The van der Waals surface area contributed by atoms with E-state index in [-0.39, 0.29) is 12.1 Å². The first kappa shape index (κ1) is 31.9. The molecular weight excluding hydrogens is 627 g/mol. The van der Waals surface area contributed by atoms with Crippen LogP contribution in [0.15, 0.2) is 12.7 Å². The summed E-state index contributed by atoms with van der Waals surface area (Å²) in [5.41, 5.74) is 1.62. The standard InChI is InChI=1S/C17H23ClN4O2S.C12H15ClN4S/c1-10-12-14(19-9-20-15(12)25-13(10)18)21-11-5-7-22(8-6-11)16(23)24-17(2,3)4;1-7-9-11(17-8-2-4-14-5-3-8)15-6-16-12(9)18-10(7)13/h9,11H,5-8H2,1-4H3,(H,19,20,21);6,8,14H,2-5H2,1H3,(H,15,16,17). The minimum absolute atomic E-state index is 0.240. The van der Waals surface area contributed by atoms with Crippen molar-refractivity contribution in [1.82, 2.24) is 30.2 Å². The lowest BCUT2D eigenvalue weighted by molar-refractivity contribution is 0.0210. The SMILES string of the molecule is Cc1c(Cl)sc2ncnc(NC3CCN(C(=O)OC(C)(C)C)CC3)c12.Cc1c(Cl)sc2ncnc(NC3CCNCC3)c12. The molecule has 0 aromatic carbocycles. The predicted octanol–water partition coefficient (Wildman–Crippen LogP) is 7.28. The van der Waals surface area contributed by atoms with E-state index in [1.807, 2.05) is 34.6 Å². The zero-order valence-electron chi connectivity index (χ0n) is 25.1. The van der Waals surface area contributed by atoms with Crippen LogP contribution in [0, 0.1) is 13.8 Å². The number of halogens is 2. The van der Waals surface area contributed by atoms with E-state index >= 15 is 0 Å². The lowest BCUT2D eigenvalue weighted by Crippen LogP contribution is -2.44. The fourth-order valence-electron chi connectivity index (χ4n) is 5.19. The van der Waals surface area contributed by atoms with Crippen LogP contribution < -0.4 is 16.0 Å². The Hall–Kier alpha value is -2.51. The maximum Gasteiger partial charge on any atom is 0.410 e. The molecule has 2 fully saturated rings. The monoisotopic (exact) mass is 664 g/mol. The Bertz CT molecular complexity index is 1570. The largest absolute Gasteiger partial charge is 0.444 e. The quantitative estimate of drug-likeness (QED) is 0.207. The van der Waals surface area contributed by atoms with Crippen molar-refractivity contribution in [2.24, 2.45) is 0 Å². The molecular formula is C29H38Cl2N8O2S2. The molecule has 6 rings (SSSR count). The molecule has 0 radical (unpaired) electrons. The van der Waals surface area contributed by atoms with E-state index in [0.717, 1.165) is 90.6 Å². The summed E-state index contributed by atoms with van der Waals surface area (Å²) in [6.07, 6.45) is 6.88. The molecule has 10 nitrogen and oxygen atoms in total. The average molecular weight is 666 g/mol. The molecule has 0 aliphatic carbocycles. The second-order valence-corrected chi connectivity index (χ2v) is 15.1. The van der Waals surface area contributed by atoms with Crippen molar-refractivity contribution >= 4 is 84.0 Å². The van der Waals surface area contributed by atoms with Gasteiger partial charge in [0.25, 0.3) is 0 Å². The van der Waals surface area contributed by atoms with Crippen molar-refractivity contribution in [3.05, 3.63) is 32.5 Å². The number of carbonyl (C=O) groups is 1. The van der Waals surface area contributed by atoms with Crippen LogP contribution in [0.2, 0.25) is 8.67 Å². The van der Waals surface area contributed by atoms with Gasteiger partial charge in [0.15, 0.2) is 0 Å². The minimum Gasteiger partial charge on any atom is -0.444 e. The van der Waals surface area contributed by atoms with Gasteiger partial charge in [0.1, 0.15) is 39.6 Å². The number of carbonyl (C=O) groups excluding carboxylic acids is 1. The summed E-state index contributed by atoms with van der Waals surface area (Å²) in [7, 11) is 0. The topological polar surface area (TPSA) is 117 Å². The van der Waals surface area contributed by atoms with Gasteiger partial charge in [0.05, 0.1) is 19.4 Å². The first-order valence-electron chi connectivity index (χ1n) is 14.5. The third-order valence-electron chi connectivity index (χ3n) is 7.50. The number of aryl methyl sites for hydroxylation is 2. The molecule has 2 aliphatic rings. The number of nitrogens with one attached hydrogen (secondary N) is 3. The molecule has 6 heterocycles. The molecule has 14 heteroatoms. The van der Waals surface area contributed by atoms with Crippen LogP contribution in [0.4, 0.5) is 16.4 Å². The number of aromatic nitrogens is 4. The van der Waals surface area contributed by atoms with Crippen LogP contribution in [0.1, 0.15) is 57.6 Å². The van der Waals surface area contributed by atoms with E-state index in [2.05, 4.69) is 35.9 Å². The summed E-state index contributed by atoms with van der Waals surface area (Å²) < 4.78 is 6.99. The van der Waals surface area contributed by atoms with Crippen molar-refractivity contribution in [3.8, 4) is 0 Å². The van der Waals surface area contributed by atoms with Gasteiger partial charge in [-0.15, -0.1) is 22.7 Å². The van der Waals surface area contributed by atoms with Gasteiger partial charge in [-0.1, -0.05) is 23.2 Å². The number of amides is 1. The van der Waals surface area contributed by atoms with Gasteiger partial charge in [-0.25, -0.2) is 24.7 Å².